The van der Waals surface area contributed by atoms with Crippen LogP contribution in [0.4, 0.5) is 5.82 Å². The van der Waals surface area contributed by atoms with Crippen LogP contribution < -0.4 is 10.6 Å². The quantitative estimate of drug-likeness (QED) is 0.873. The summed E-state index contributed by atoms with van der Waals surface area (Å²) in [6, 6.07) is 2.83. The highest BCUT2D eigenvalue weighted by Crippen LogP contribution is 2.25. The molecule has 0 bridgehead atoms. The highest BCUT2D eigenvalue weighted by atomic mass is 15.2. The molecule has 2 fully saturated rings. The van der Waals surface area contributed by atoms with Gasteiger partial charge in [-0.15, -0.1) is 0 Å². The minimum Gasteiger partial charge on any atom is -0.368 e. The average molecular weight is 303 g/mol. The Hall–Kier alpha value is -1.20. The van der Waals surface area contributed by atoms with E-state index in [4.69, 9.17) is 0 Å². The molecule has 1 aromatic heterocycles. The summed E-state index contributed by atoms with van der Waals surface area (Å²) in [4.78, 5) is 11.8. The number of piperidine rings is 1. The van der Waals surface area contributed by atoms with E-state index in [1.54, 1.807) is 0 Å². The summed E-state index contributed by atoms with van der Waals surface area (Å²) in [6.45, 7) is 9.84. The molecule has 5 nitrogen and oxygen atoms in total. The first-order valence-electron chi connectivity index (χ1n) is 8.80. The highest BCUT2D eigenvalue weighted by Gasteiger charge is 2.23. The lowest BCUT2D eigenvalue weighted by Crippen LogP contribution is -2.34. The van der Waals surface area contributed by atoms with Crippen LogP contribution in [0, 0.1) is 6.92 Å². The second-order valence-corrected chi connectivity index (χ2v) is 6.56. The van der Waals surface area contributed by atoms with Crippen LogP contribution >= 0.6 is 0 Å². The van der Waals surface area contributed by atoms with Gasteiger partial charge in [0.05, 0.1) is 0 Å². The van der Waals surface area contributed by atoms with Crippen molar-refractivity contribution in [1.82, 2.24) is 20.2 Å². The number of aryl methyl sites for hydroxylation is 1. The molecule has 0 spiro atoms. The van der Waals surface area contributed by atoms with Crippen molar-refractivity contribution in [2.45, 2.75) is 51.5 Å². The molecule has 0 radical (unpaired) electrons. The Balaban J connectivity index is 1.64. The zero-order valence-electron chi connectivity index (χ0n) is 13.9. The fraction of sp³-hybridized carbons (Fsp3) is 0.765. The summed E-state index contributed by atoms with van der Waals surface area (Å²) in [7, 11) is 0. The molecule has 0 aliphatic carbocycles. The highest BCUT2D eigenvalue weighted by molar-refractivity contribution is 5.37. The van der Waals surface area contributed by atoms with Crippen LogP contribution in [0.3, 0.4) is 0 Å². The SMILES string of the molecule is CCN1CCCC1CNc1cc(C2CCNCC2)nc(C)n1. The number of aromatic nitrogens is 2. The number of hydrogen-bond acceptors (Lipinski definition) is 5. The summed E-state index contributed by atoms with van der Waals surface area (Å²) < 4.78 is 0. The van der Waals surface area contributed by atoms with Crippen molar-refractivity contribution in [2.75, 3.05) is 38.0 Å². The fourth-order valence-corrected chi connectivity index (χ4v) is 3.77. The molecule has 5 heteroatoms. The van der Waals surface area contributed by atoms with Crippen LogP contribution in [0.2, 0.25) is 0 Å². The van der Waals surface area contributed by atoms with Crippen molar-refractivity contribution in [3.63, 3.8) is 0 Å². The summed E-state index contributed by atoms with van der Waals surface area (Å²) in [5.41, 5.74) is 1.22. The van der Waals surface area contributed by atoms with E-state index in [0.29, 0.717) is 12.0 Å². The Kier molecular flexibility index (Phi) is 5.26. The fourth-order valence-electron chi connectivity index (χ4n) is 3.77. The van der Waals surface area contributed by atoms with Crippen molar-refractivity contribution in [2.24, 2.45) is 0 Å². The zero-order valence-corrected chi connectivity index (χ0v) is 13.9. The summed E-state index contributed by atoms with van der Waals surface area (Å²) in [5.74, 6) is 2.48. The lowest BCUT2D eigenvalue weighted by atomic mass is 9.94. The number of nitrogens with one attached hydrogen (secondary N) is 2. The van der Waals surface area contributed by atoms with Gasteiger partial charge in [-0.05, 0) is 58.8 Å². The number of likely N-dealkylation sites (tertiary alicyclic amines) is 1. The number of likely N-dealkylation sites (N-methyl/N-ethyl adjacent to an activating group) is 1. The second-order valence-electron chi connectivity index (χ2n) is 6.56. The van der Waals surface area contributed by atoms with Crippen LogP contribution in [0.25, 0.3) is 0 Å². The van der Waals surface area contributed by atoms with Crippen molar-refractivity contribution in [3.8, 4) is 0 Å². The predicted molar refractivity (Wildman–Crippen MR) is 90.4 cm³/mol. The first-order chi connectivity index (χ1) is 10.8. The molecule has 2 saturated heterocycles. The molecule has 1 atom stereocenters. The van der Waals surface area contributed by atoms with Gasteiger partial charge in [0.15, 0.2) is 0 Å². The van der Waals surface area contributed by atoms with Gasteiger partial charge < -0.3 is 10.6 Å². The molecule has 1 unspecified atom stereocenters. The number of rotatable bonds is 5. The van der Waals surface area contributed by atoms with Crippen LogP contribution in [-0.2, 0) is 0 Å². The molecular formula is C17H29N5. The molecule has 122 valence electrons. The first kappa shape index (κ1) is 15.7. The van der Waals surface area contributed by atoms with Gasteiger partial charge in [-0.25, -0.2) is 9.97 Å². The number of nitrogens with zero attached hydrogens (tertiary/aromatic N) is 3. The maximum Gasteiger partial charge on any atom is 0.129 e. The lowest BCUT2D eigenvalue weighted by molar-refractivity contribution is 0.277. The molecular weight excluding hydrogens is 274 g/mol. The topological polar surface area (TPSA) is 53.1 Å². The third-order valence-electron chi connectivity index (χ3n) is 5.04. The van der Waals surface area contributed by atoms with E-state index in [0.717, 1.165) is 37.8 Å². The molecule has 1 aromatic rings. The Morgan fingerprint density at radius 1 is 1.27 bits per heavy atom. The normalized spacial score (nSPS) is 23.8. The van der Waals surface area contributed by atoms with Gasteiger partial charge in [0, 0.05) is 30.3 Å². The minimum absolute atomic E-state index is 0.585. The summed E-state index contributed by atoms with van der Waals surface area (Å²) in [6.07, 6.45) is 4.99. The second kappa shape index (κ2) is 7.38. The first-order valence-corrected chi connectivity index (χ1v) is 8.80. The van der Waals surface area contributed by atoms with Crippen molar-refractivity contribution >= 4 is 5.82 Å². The van der Waals surface area contributed by atoms with Gasteiger partial charge >= 0.3 is 0 Å². The predicted octanol–water partition coefficient (Wildman–Crippen LogP) is 2.15. The van der Waals surface area contributed by atoms with Gasteiger partial charge in [-0.1, -0.05) is 6.92 Å². The van der Waals surface area contributed by atoms with E-state index in [9.17, 15) is 0 Å². The maximum absolute atomic E-state index is 4.68. The van der Waals surface area contributed by atoms with Crippen LogP contribution in [-0.4, -0.2) is 53.6 Å². The Bertz CT molecular complexity index is 484. The van der Waals surface area contributed by atoms with Gasteiger partial charge in [0.2, 0.25) is 0 Å². The Morgan fingerprint density at radius 2 is 2.09 bits per heavy atom. The third-order valence-corrected chi connectivity index (χ3v) is 5.04. The van der Waals surface area contributed by atoms with Crippen LogP contribution in [0.15, 0.2) is 6.07 Å². The average Bonchev–Trinajstić information content (AvgIpc) is 3.01. The molecule has 0 amide bonds. The molecule has 2 N–H and O–H groups in total. The van der Waals surface area contributed by atoms with Gasteiger partial charge in [-0.3, -0.25) is 4.90 Å². The molecule has 3 heterocycles. The minimum atomic E-state index is 0.585. The summed E-state index contributed by atoms with van der Waals surface area (Å²) in [5, 5.41) is 6.99. The third kappa shape index (κ3) is 3.76. The van der Waals surface area contributed by atoms with Crippen molar-refractivity contribution in [1.29, 1.82) is 0 Å². The smallest absolute Gasteiger partial charge is 0.129 e. The maximum atomic E-state index is 4.68. The van der Waals surface area contributed by atoms with Crippen LogP contribution in [0.1, 0.15) is 50.0 Å². The monoisotopic (exact) mass is 303 g/mol. The van der Waals surface area contributed by atoms with E-state index in [1.807, 2.05) is 6.92 Å². The number of hydrogen-bond donors (Lipinski definition) is 2. The Labute approximate surface area is 133 Å². The summed E-state index contributed by atoms with van der Waals surface area (Å²) >= 11 is 0. The van der Waals surface area contributed by atoms with E-state index in [1.165, 1.54) is 37.9 Å². The van der Waals surface area contributed by atoms with E-state index >= 15 is 0 Å². The molecule has 22 heavy (non-hydrogen) atoms. The van der Waals surface area contributed by atoms with Gasteiger partial charge in [0.1, 0.15) is 11.6 Å². The Morgan fingerprint density at radius 3 is 2.86 bits per heavy atom. The lowest BCUT2D eigenvalue weighted by Gasteiger charge is -2.24. The zero-order chi connectivity index (χ0) is 15.4. The molecule has 2 aliphatic rings. The van der Waals surface area contributed by atoms with Crippen molar-refractivity contribution < 1.29 is 0 Å². The van der Waals surface area contributed by atoms with Crippen LogP contribution in [0.5, 0.6) is 0 Å². The standard InChI is InChI=1S/C17H29N5/c1-3-22-10-4-5-15(22)12-19-17-11-16(20-13(2)21-17)14-6-8-18-9-7-14/h11,14-15,18H,3-10,12H2,1-2H3,(H,19,20,21). The molecule has 0 saturated carbocycles. The van der Waals surface area contributed by atoms with Gasteiger partial charge in [-0.2, -0.15) is 0 Å². The van der Waals surface area contributed by atoms with Gasteiger partial charge in [0.25, 0.3) is 0 Å². The largest absolute Gasteiger partial charge is 0.368 e. The van der Waals surface area contributed by atoms with Crippen molar-refractivity contribution in [3.05, 3.63) is 17.6 Å². The van der Waals surface area contributed by atoms with E-state index in [-0.39, 0.29) is 0 Å². The molecule has 3 rings (SSSR count). The number of anilines is 1. The van der Waals surface area contributed by atoms with E-state index in [2.05, 4.69) is 38.5 Å². The molecule has 0 aromatic carbocycles. The van der Waals surface area contributed by atoms with E-state index < -0.39 is 0 Å². The molecule has 2 aliphatic heterocycles.